The normalized spacial score (nSPS) is 16.1. The summed E-state index contributed by atoms with van der Waals surface area (Å²) in [5.41, 5.74) is 3.62. The summed E-state index contributed by atoms with van der Waals surface area (Å²) >= 11 is 6.12. The summed E-state index contributed by atoms with van der Waals surface area (Å²) in [7, 11) is 0. The summed E-state index contributed by atoms with van der Waals surface area (Å²) < 4.78 is 20.0. The van der Waals surface area contributed by atoms with Gasteiger partial charge in [0.15, 0.2) is 0 Å². The van der Waals surface area contributed by atoms with Gasteiger partial charge < -0.3 is 9.84 Å². The second-order valence-electron chi connectivity index (χ2n) is 7.99. The lowest BCUT2D eigenvalue weighted by molar-refractivity contribution is 0.244. The van der Waals surface area contributed by atoms with Crippen LogP contribution >= 0.6 is 11.6 Å². The number of allylic oxidation sites excluding steroid dienone is 1. The van der Waals surface area contributed by atoms with Crippen LogP contribution in [-0.2, 0) is 0 Å². The maximum atomic E-state index is 14.3. The van der Waals surface area contributed by atoms with E-state index in [9.17, 15) is 9.18 Å². The lowest BCUT2D eigenvalue weighted by Crippen LogP contribution is -2.46. The van der Waals surface area contributed by atoms with E-state index in [1.807, 2.05) is 36.4 Å². The Hall–Kier alpha value is -3.97. The predicted octanol–water partition coefficient (Wildman–Crippen LogP) is 6.54. The summed E-state index contributed by atoms with van der Waals surface area (Å²) in [6.07, 6.45) is 0. The molecule has 1 aliphatic rings. The Morgan fingerprint density at radius 2 is 1.82 bits per heavy atom. The van der Waals surface area contributed by atoms with Gasteiger partial charge in [-0.2, -0.15) is 4.98 Å². The van der Waals surface area contributed by atoms with Crippen LogP contribution in [0.2, 0.25) is 5.02 Å². The number of hydrogen-bond donors (Lipinski definition) is 1. The average Bonchev–Trinajstić information content (AvgIpc) is 3.31. The van der Waals surface area contributed by atoms with Gasteiger partial charge in [-0.25, -0.2) is 9.18 Å². The lowest BCUT2D eigenvalue weighted by Gasteiger charge is -2.35. The van der Waals surface area contributed by atoms with E-state index in [1.54, 1.807) is 44.2 Å². The van der Waals surface area contributed by atoms with Gasteiger partial charge in [-0.1, -0.05) is 65.3 Å². The quantitative estimate of drug-likeness (QED) is 0.364. The minimum absolute atomic E-state index is 0.249. The summed E-state index contributed by atoms with van der Waals surface area (Å²) in [6.45, 7) is 3.45. The van der Waals surface area contributed by atoms with E-state index in [4.69, 9.17) is 16.1 Å². The number of amides is 2. The first-order valence-electron chi connectivity index (χ1n) is 10.6. The minimum atomic E-state index is -0.534. The molecule has 0 saturated carbocycles. The molecule has 1 aliphatic heterocycles. The molecule has 6 nitrogen and oxygen atoms in total. The largest absolute Gasteiger partial charge is 0.334 e. The van der Waals surface area contributed by atoms with Crippen molar-refractivity contribution in [2.24, 2.45) is 0 Å². The summed E-state index contributed by atoms with van der Waals surface area (Å²) in [6, 6.07) is 20.4. The SMILES string of the molecule is CC1=C(c2nc(-c3cccc(Cl)c3)no2)C(c2ccccc2)NC(=O)N1c1ccc(C)c(F)c1. The zero-order chi connectivity index (χ0) is 23.8. The zero-order valence-corrected chi connectivity index (χ0v) is 19.2. The second-order valence-corrected chi connectivity index (χ2v) is 8.43. The van der Waals surface area contributed by atoms with Gasteiger partial charge in [0.05, 0.1) is 17.3 Å². The first kappa shape index (κ1) is 21.9. The average molecular weight is 475 g/mol. The van der Waals surface area contributed by atoms with Crippen LogP contribution in [0, 0.1) is 12.7 Å². The molecular weight excluding hydrogens is 455 g/mol. The lowest BCUT2D eigenvalue weighted by atomic mass is 9.94. The number of hydrogen-bond acceptors (Lipinski definition) is 4. The molecule has 3 aromatic carbocycles. The van der Waals surface area contributed by atoms with Gasteiger partial charge >= 0.3 is 6.03 Å². The van der Waals surface area contributed by atoms with E-state index in [0.717, 1.165) is 5.56 Å². The molecule has 1 aromatic heterocycles. The number of benzene rings is 3. The zero-order valence-electron chi connectivity index (χ0n) is 18.4. The number of nitrogens with one attached hydrogen (secondary N) is 1. The van der Waals surface area contributed by atoms with Gasteiger partial charge in [-0.3, -0.25) is 4.90 Å². The Morgan fingerprint density at radius 1 is 1.03 bits per heavy atom. The Morgan fingerprint density at radius 3 is 2.56 bits per heavy atom. The number of nitrogens with zero attached hydrogens (tertiary/aromatic N) is 3. The Kier molecular flexibility index (Phi) is 5.63. The van der Waals surface area contributed by atoms with E-state index in [-0.39, 0.29) is 11.9 Å². The summed E-state index contributed by atoms with van der Waals surface area (Å²) in [5.74, 6) is 0.221. The highest BCUT2D eigenvalue weighted by Gasteiger charge is 2.36. The maximum absolute atomic E-state index is 14.3. The van der Waals surface area contributed by atoms with E-state index >= 15 is 0 Å². The molecule has 0 radical (unpaired) electrons. The van der Waals surface area contributed by atoms with Crippen molar-refractivity contribution in [2.75, 3.05) is 4.90 Å². The third kappa shape index (κ3) is 3.95. The van der Waals surface area contributed by atoms with Crippen molar-refractivity contribution >= 4 is 28.9 Å². The molecule has 2 heterocycles. The molecule has 1 unspecified atom stereocenters. The highest BCUT2D eigenvalue weighted by atomic mass is 35.5. The summed E-state index contributed by atoms with van der Waals surface area (Å²) in [5, 5.41) is 7.70. The van der Waals surface area contributed by atoms with Crippen molar-refractivity contribution in [1.82, 2.24) is 15.5 Å². The van der Waals surface area contributed by atoms with Crippen LogP contribution in [-0.4, -0.2) is 16.2 Å². The Bertz CT molecular complexity index is 1420. The second kappa shape index (κ2) is 8.76. The van der Waals surface area contributed by atoms with Gasteiger partial charge in [0.1, 0.15) is 5.82 Å². The smallest absolute Gasteiger partial charge is 0.327 e. The maximum Gasteiger partial charge on any atom is 0.327 e. The van der Waals surface area contributed by atoms with Crippen molar-refractivity contribution in [2.45, 2.75) is 19.9 Å². The number of anilines is 1. The van der Waals surface area contributed by atoms with Crippen LogP contribution in [0.5, 0.6) is 0 Å². The number of halogens is 2. The molecule has 34 heavy (non-hydrogen) atoms. The van der Waals surface area contributed by atoms with Crippen LogP contribution < -0.4 is 10.2 Å². The van der Waals surface area contributed by atoms with Crippen LogP contribution in [0.1, 0.15) is 30.0 Å². The fraction of sp³-hybridized carbons (Fsp3) is 0.115. The molecular formula is C26H20ClFN4O2. The van der Waals surface area contributed by atoms with Gasteiger partial charge in [0.25, 0.3) is 5.89 Å². The van der Waals surface area contributed by atoms with Gasteiger partial charge in [0.2, 0.25) is 5.82 Å². The van der Waals surface area contributed by atoms with E-state index < -0.39 is 11.9 Å². The molecule has 170 valence electrons. The van der Waals surface area contributed by atoms with Gasteiger partial charge in [-0.15, -0.1) is 0 Å². The van der Waals surface area contributed by atoms with Crippen molar-refractivity contribution in [1.29, 1.82) is 0 Å². The monoisotopic (exact) mass is 474 g/mol. The molecule has 0 fully saturated rings. The first-order chi connectivity index (χ1) is 16.4. The third-order valence-electron chi connectivity index (χ3n) is 5.77. The predicted molar refractivity (Wildman–Crippen MR) is 129 cm³/mol. The number of carbonyl (C=O) groups is 1. The van der Waals surface area contributed by atoms with Crippen molar-refractivity contribution in [3.63, 3.8) is 0 Å². The number of aromatic nitrogens is 2. The molecule has 0 spiro atoms. The first-order valence-corrected chi connectivity index (χ1v) is 11.0. The molecule has 2 amide bonds. The fourth-order valence-electron chi connectivity index (χ4n) is 4.03. The van der Waals surface area contributed by atoms with Gasteiger partial charge in [0, 0.05) is 16.3 Å². The van der Waals surface area contributed by atoms with Crippen molar-refractivity contribution in [3.8, 4) is 11.4 Å². The van der Waals surface area contributed by atoms with Gasteiger partial charge in [-0.05, 0) is 49.2 Å². The van der Waals surface area contributed by atoms with E-state index in [2.05, 4.69) is 15.5 Å². The van der Waals surface area contributed by atoms with E-state index in [1.165, 1.54) is 11.0 Å². The van der Waals surface area contributed by atoms with E-state index in [0.29, 0.717) is 38.9 Å². The van der Waals surface area contributed by atoms with Crippen LogP contribution in [0.3, 0.4) is 0 Å². The number of aryl methyl sites for hydroxylation is 1. The topological polar surface area (TPSA) is 71.3 Å². The Labute approximate surface area is 200 Å². The van der Waals surface area contributed by atoms with Crippen LogP contribution in [0.15, 0.2) is 83.0 Å². The molecule has 0 bridgehead atoms. The highest BCUT2D eigenvalue weighted by Crippen LogP contribution is 2.39. The van der Waals surface area contributed by atoms with Crippen LogP contribution in [0.4, 0.5) is 14.9 Å². The standard InChI is InChI=1S/C26H20ClFN4O2/c1-15-11-12-20(14-21(15)28)32-16(2)22(23(29-26(32)33)17-7-4-3-5-8-17)25-30-24(31-34-25)18-9-6-10-19(27)13-18/h3-14,23H,1-2H3,(H,29,33). The Balaban J connectivity index is 1.66. The minimum Gasteiger partial charge on any atom is -0.334 e. The third-order valence-corrected chi connectivity index (χ3v) is 6.01. The van der Waals surface area contributed by atoms with Crippen molar-refractivity contribution < 1.29 is 13.7 Å². The molecule has 0 aliphatic carbocycles. The van der Waals surface area contributed by atoms with Crippen LogP contribution in [0.25, 0.3) is 17.0 Å². The summed E-state index contributed by atoms with van der Waals surface area (Å²) in [4.78, 5) is 19.2. The highest BCUT2D eigenvalue weighted by molar-refractivity contribution is 6.30. The van der Waals surface area contributed by atoms with Crippen molar-refractivity contribution in [3.05, 3.63) is 106 Å². The molecule has 1 atom stereocenters. The fourth-order valence-corrected chi connectivity index (χ4v) is 4.22. The number of carbonyl (C=O) groups excluding carboxylic acids is 1. The molecule has 0 saturated heterocycles. The molecule has 1 N–H and O–H groups in total. The number of rotatable bonds is 4. The number of urea groups is 1. The molecule has 4 aromatic rings. The molecule has 5 rings (SSSR count). The molecule has 8 heteroatoms.